The number of carbonyl (C=O) groups excluding carboxylic acids is 1. The molecule has 6 heteroatoms. The fraction of sp³-hybridized carbons (Fsp3) is 0.556. The Bertz CT molecular complexity index is 669. The Hall–Kier alpha value is -1.50. The number of amides is 1. The molecule has 1 saturated carbocycles. The van der Waals surface area contributed by atoms with E-state index in [1.54, 1.807) is 0 Å². The molecular weight excluding hydrogens is 324 g/mol. The van der Waals surface area contributed by atoms with Gasteiger partial charge in [-0.1, -0.05) is 38.3 Å². The molecule has 1 heterocycles. The Morgan fingerprint density at radius 1 is 1.38 bits per heavy atom. The third-order valence-electron chi connectivity index (χ3n) is 4.84. The summed E-state index contributed by atoms with van der Waals surface area (Å²) in [5.41, 5.74) is 0.766. The van der Waals surface area contributed by atoms with E-state index in [9.17, 15) is 15.0 Å². The van der Waals surface area contributed by atoms with Gasteiger partial charge in [0.05, 0.1) is 10.2 Å². The molecule has 5 nitrogen and oxygen atoms in total. The highest BCUT2D eigenvalue weighted by Crippen LogP contribution is 2.29. The highest BCUT2D eigenvalue weighted by molar-refractivity contribution is 7.18. The third kappa shape index (κ3) is 3.77. The van der Waals surface area contributed by atoms with Gasteiger partial charge in [-0.25, -0.2) is 4.98 Å². The summed E-state index contributed by atoms with van der Waals surface area (Å²) in [6, 6.07) is 7.61. The normalized spacial score (nSPS) is 23.8. The minimum atomic E-state index is -1.49. The van der Waals surface area contributed by atoms with Crippen molar-refractivity contribution >= 4 is 27.5 Å². The van der Waals surface area contributed by atoms with E-state index in [1.807, 2.05) is 24.3 Å². The second-order valence-electron chi connectivity index (χ2n) is 6.56. The Balaban J connectivity index is 1.64. The molecular formula is C18H24N2O3S. The molecule has 1 aromatic heterocycles. The first kappa shape index (κ1) is 17.3. The zero-order chi connectivity index (χ0) is 17.1. The highest BCUT2D eigenvalue weighted by Gasteiger charge is 2.31. The Kier molecular flexibility index (Phi) is 5.48. The van der Waals surface area contributed by atoms with Crippen LogP contribution in [0, 0.1) is 5.92 Å². The number of thiazole rings is 1. The minimum Gasteiger partial charge on any atom is -0.383 e. The monoisotopic (exact) mass is 348 g/mol. The first-order valence-electron chi connectivity index (χ1n) is 8.60. The first-order chi connectivity index (χ1) is 11.6. The van der Waals surface area contributed by atoms with Gasteiger partial charge in [0.25, 0.3) is 5.91 Å². The number of nitrogens with one attached hydrogen (secondary N) is 1. The molecule has 1 aromatic carbocycles. The van der Waals surface area contributed by atoms with E-state index in [0.717, 1.165) is 35.9 Å². The quantitative estimate of drug-likeness (QED) is 0.776. The number of hydrogen-bond donors (Lipinski definition) is 3. The van der Waals surface area contributed by atoms with E-state index in [4.69, 9.17) is 0 Å². The van der Waals surface area contributed by atoms with Gasteiger partial charge in [0.15, 0.2) is 6.10 Å². The number of aliphatic hydroxyl groups is 2. The lowest BCUT2D eigenvalue weighted by molar-refractivity contribution is -0.136. The summed E-state index contributed by atoms with van der Waals surface area (Å²) >= 11 is 1.30. The molecule has 1 amide bonds. The second kappa shape index (κ2) is 7.59. The Morgan fingerprint density at radius 2 is 2.17 bits per heavy atom. The third-order valence-corrected chi connectivity index (χ3v) is 5.94. The molecule has 1 aliphatic rings. The molecule has 0 radical (unpaired) electrons. The number of benzene rings is 1. The van der Waals surface area contributed by atoms with Gasteiger partial charge in [-0.2, -0.15) is 0 Å². The van der Waals surface area contributed by atoms with Crippen LogP contribution < -0.4 is 5.32 Å². The zero-order valence-electron chi connectivity index (χ0n) is 13.8. The molecule has 24 heavy (non-hydrogen) atoms. The molecule has 3 rings (SSSR count). The van der Waals surface area contributed by atoms with E-state index in [0.29, 0.717) is 10.9 Å². The molecule has 0 aliphatic heterocycles. The van der Waals surface area contributed by atoms with Crippen molar-refractivity contribution in [1.29, 1.82) is 0 Å². The summed E-state index contributed by atoms with van der Waals surface area (Å²) in [4.78, 5) is 16.6. The van der Waals surface area contributed by atoms with Crippen molar-refractivity contribution in [2.45, 2.75) is 57.3 Å². The van der Waals surface area contributed by atoms with Crippen LogP contribution in [0.4, 0.5) is 0 Å². The molecule has 1 fully saturated rings. The van der Waals surface area contributed by atoms with Crippen molar-refractivity contribution in [3.63, 3.8) is 0 Å². The van der Waals surface area contributed by atoms with Crippen LogP contribution in [0.2, 0.25) is 0 Å². The number of fused-ring (bicyclic) bond motifs is 1. The summed E-state index contributed by atoms with van der Waals surface area (Å²) in [5.74, 6) is 0.124. The molecule has 130 valence electrons. The van der Waals surface area contributed by atoms with E-state index < -0.39 is 18.1 Å². The predicted octanol–water partition coefficient (Wildman–Crippen LogP) is 2.78. The van der Waals surface area contributed by atoms with Gasteiger partial charge in [0, 0.05) is 6.04 Å². The molecule has 4 unspecified atom stereocenters. The van der Waals surface area contributed by atoms with Crippen molar-refractivity contribution < 1.29 is 15.0 Å². The van der Waals surface area contributed by atoms with Crippen LogP contribution in [0.5, 0.6) is 0 Å². The smallest absolute Gasteiger partial charge is 0.252 e. The molecule has 0 saturated heterocycles. The second-order valence-corrected chi connectivity index (χ2v) is 7.62. The highest BCUT2D eigenvalue weighted by atomic mass is 32.1. The number of aromatic nitrogens is 1. The van der Waals surface area contributed by atoms with Crippen LogP contribution >= 0.6 is 11.3 Å². The van der Waals surface area contributed by atoms with Crippen LogP contribution in [0.25, 0.3) is 10.2 Å². The number of nitrogens with zero attached hydrogens (tertiary/aromatic N) is 1. The van der Waals surface area contributed by atoms with Gasteiger partial charge >= 0.3 is 0 Å². The lowest BCUT2D eigenvalue weighted by Gasteiger charge is -2.30. The van der Waals surface area contributed by atoms with Crippen molar-refractivity contribution in [2.24, 2.45) is 5.92 Å². The van der Waals surface area contributed by atoms with E-state index >= 15 is 0 Å². The average molecular weight is 348 g/mol. The molecule has 4 atom stereocenters. The van der Waals surface area contributed by atoms with Gasteiger partial charge in [0.2, 0.25) is 0 Å². The van der Waals surface area contributed by atoms with Crippen LogP contribution in [-0.2, 0) is 4.79 Å². The molecule has 3 N–H and O–H groups in total. The lowest BCUT2D eigenvalue weighted by atomic mass is 9.84. The van der Waals surface area contributed by atoms with E-state index in [1.165, 1.54) is 17.8 Å². The molecule has 0 bridgehead atoms. The Labute approximate surface area is 145 Å². The van der Waals surface area contributed by atoms with Gasteiger partial charge in [0.1, 0.15) is 11.1 Å². The van der Waals surface area contributed by atoms with Crippen molar-refractivity contribution in [3.8, 4) is 0 Å². The lowest BCUT2D eigenvalue weighted by Crippen LogP contribution is -2.45. The van der Waals surface area contributed by atoms with Gasteiger partial charge in [-0.15, -0.1) is 11.3 Å². The van der Waals surface area contributed by atoms with E-state index in [-0.39, 0.29) is 6.04 Å². The maximum Gasteiger partial charge on any atom is 0.252 e. The largest absolute Gasteiger partial charge is 0.383 e. The number of aliphatic hydroxyl groups excluding tert-OH is 2. The minimum absolute atomic E-state index is 0.0911. The van der Waals surface area contributed by atoms with Gasteiger partial charge < -0.3 is 15.5 Å². The SMILES string of the molecule is CCC1CCCC(NC(=O)C(O)C(O)c2nc3ccccc3s2)C1. The topological polar surface area (TPSA) is 82.5 Å². The van der Waals surface area contributed by atoms with Crippen LogP contribution in [-0.4, -0.2) is 33.3 Å². The van der Waals surface area contributed by atoms with Crippen molar-refractivity contribution in [2.75, 3.05) is 0 Å². The summed E-state index contributed by atoms with van der Waals surface area (Å²) in [6.07, 6.45) is 2.52. The average Bonchev–Trinajstić information content (AvgIpc) is 3.04. The zero-order valence-corrected chi connectivity index (χ0v) is 14.6. The maximum absolute atomic E-state index is 12.3. The number of hydrogen-bond acceptors (Lipinski definition) is 5. The fourth-order valence-electron chi connectivity index (χ4n) is 3.37. The first-order valence-corrected chi connectivity index (χ1v) is 9.42. The fourth-order valence-corrected chi connectivity index (χ4v) is 4.36. The van der Waals surface area contributed by atoms with Gasteiger partial charge in [-0.3, -0.25) is 4.79 Å². The van der Waals surface area contributed by atoms with E-state index in [2.05, 4.69) is 17.2 Å². The van der Waals surface area contributed by atoms with Crippen molar-refractivity contribution in [3.05, 3.63) is 29.3 Å². The maximum atomic E-state index is 12.3. The summed E-state index contributed by atoms with van der Waals surface area (Å²) in [6.45, 7) is 2.17. The van der Waals surface area contributed by atoms with Crippen molar-refractivity contribution in [1.82, 2.24) is 10.3 Å². The Morgan fingerprint density at radius 3 is 2.92 bits per heavy atom. The van der Waals surface area contributed by atoms with Crippen LogP contribution in [0.3, 0.4) is 0 Å². The summed E-state index contributed by atoms with van der Waals surface area (Å²) in [7, 11) is 0. The number of para-hydroxylation sites is 1. The number of carbonyl (C=O) groups is 1. The molecule has 2 aromatic rings. The molecule has 0 spiro atoms. The van der Waals surface area contributed by atoms with Gasteiger partial charge in [-0.05, 0) is 30.9 Å². The summed E-state index contributed by atoms with van der Waals surface area (Å²) < 4.78 is 0.928. The predicted molar refractivity (Wildman–Crippen MR) is 94.8 cm³/mol. The van der Waals surface area contributed by atoms with Crippen LogP contribution in [0.1, 0.15) is 50.1 Å². The molecule has 1 aliphatic carbocycles. The van der Waals surface area contributed by atoms with Crippen LogP contribution in [0.15, 0.2) is 24.3 Å². The number of rotatable bonds is 5. The standard InChI is InChI=1S/C18H24N2O3S/c1-2-11-6-5-7-12(10-11)19-17(23)15(21)16(22)18-20-13-8-3-4-9-14(13)24-18/h3-4,8-9,11-12,15-16,21-22H,2,5-7,10H2,1H3,(H,19,23). The summed E-state index contributed by atoms with van der Waals surface area (Å²) in [5, 5.41) is 23.8.